The molecular formula is C18H21N5O5. The van der Waals surface area contributed by atoms with E-state index in [0.29, 0.717) is 6.42 Å². The van der Waals surface area contributed by atoms with Crippen molar-refractivity contribution in [1.82, 2.24) is 9.13 Å². The van der Waals surface area contributed by atoms with E-state index in [1.54, 1.807) is 0 Å². The van der Waals surface area contributed by atoms with Gasteiger partial charge in [0.15, 0.2) is 6.23 Å². The molecule has 0 aliphatic carbocycles. The first-order valence-corrected chi connectivity index (χ1v) is 8.88. The number of rotatable bonds is 7. The van der Waals surface area contributed by atoms with E-state index >= 15 is 0 Å². The average Bonchev–Trinajstić information content (AvgIpc) is 3.01. The van der Waals surface area contributed by atoms with Gasteiger partial charge in [-0.2, -0.15) is 0 Å². The monoisotopic (exact) mass is 387 g/mol. The Kier molecular flexibility index (Phi) is 6.27. The molecule has 28 heavy (non-hydrogen) atoms. The largest absolute Gasteiger partial charge is 0.388 e. The topological polar surface area (TPSA) is 131 Å². The number of aromatic nitrogens is 2. The second-order valence-corrected chi connectivity index (χ2v) is 6.39. The number of aliphatic hydroxyl groups is 1. The molecule has 1 fully saturated rings. The van der Waals surface area contributed by atoms with Crippen LogP contribution in [0.4, 0.5) is 0 Å². The lowest BCUT2D eigenvalue weighted by atomic mass is 10.1. The van der Waals surface area contributed by atoms with Crippen molar-refractivity contribution in [2.45, 2.75) is 51.2 Å². The highest BCUT2D eigenvalue weighted by Gasteiger charge is 2.43. The van der Waals surface area contributed by atoms with Crippen LogP contribution in [0.2, 0.25) is 0 Å². The molecule has 1 aliphatic rings. The number of aliphatic hydroxyl groups excluding tert-OH is 1. The first kappa shape index (κ1) is 19.8. The molecule has 4 atom stereocenters. The van der Waals surface area contributed by atoms with Crippen LogP contribution in [0.15, 0.2) is 57.3 Å². The predicted octanol–water partition coefficient (Wildman–Crippen LogP) is 1.53. The van der Waals surface area contributed by atoms with Crippen LogP contribution in [0.3, 0.4) is 0 Å². The summed E-state index contributed by atoms with van der Waals surface area (Å²) in [5, 5.41) is 14.1. The second-order valence-electron chi connectivity index (χ2n) is 6.39. The first-order chi connectivity index (χ1) is 13.6. The lowest BCUT2D eigenvalue weighted by molar-refractivity contribution is -0.0427. The van der Waals surface area contributed by atoms with Gasteiger partial charge in [-0.1, -0.05) is 42.4 Å². The zero-order valence-electron chi connectivity index (χ0n) is 15.3. The molecule has 1 aromatic heterocycles. The number of azide groups is 1. The summed E-state index contributed by atoms with van der Waals surface area (Å²) >= 11 is 0. The van der Waals surface area contributed by atoms with E-state index in [-0.39, 0.29) is 13.3 Å². The molecule has 148 valence electrons. The smallest absolute Gasteiger partial charge is 0.335 e. The summed E-state index contributed by atoms with van der Waals surface area (Å²) in [6.45, 7) is 1.81. The van der Waals surface area contributed by atoms with Gasteiger partial charge in [0.2, 0.25) is 0 Å². The summed E-state index contributed by atoms with van der Waals surface area (Å²) < 4.78 is 13.2. The predicted molar refractivity (Wildman–Crippen MR) is 99.3 cm³/mol. The zero-order chi connectivity index (χ0) is 20.1. The molecule has 0 radical (unpaired) electrons. The maximum Gasteiger partial charge on any atom is 0.335 e. The van der Waals surface area contributed by atoms with Gasteiger partial charge in [-0.25, -0.2) is 9.36 Å². The van der Waals surface area contributed by atoms with E-state index < -0.39 is 35.7 Å². The highest BCUT2D eigenvalue weighted by atomic mass is 16.5. The first-order valence-electron chi connectivity index (χ1n) is 8.88. The molecule has 2 aromatic rings. The van der Waals surface area contributed by atoms with Crippen LogP contribution in [-0.2, 0) is 22.8 Å². The minimum Gasteiger partial charge on any atom is -0.388 e. The molecule has 0 saturated carbocycles. The minimum absolute atomic E-state index is 0.237. The van der Waals surface area contributed by atoms with Crippen molar-refractivity contribution in [2.75, 3.05) is 0 Å². The SMILES string of the molecule is CC[C@H]1O[C@@H](n2ccc(=O)n(COCc3ccccc3)c2=O)[C@H](O)[C@@H]1N=[N+]=[N-]. The third kappa shape index (κ3) is 4.00. The standard InChI is InChI=1S/C18H21N5O5/c1-2-13-15(20-21-19)16(25)17(28-13)22-9-8-14(24)23(18(22)26)11-27-10-12-6-4-3-5-7-12/h3-9,13,15-17,25H,2,10-11H2,1H3/t13-,15-,16-,17-/m1/s1. The lowest BCUT2D eigenvalue weighted by Crippen LogP contribution is -2.43. The van der Waals surface area contributed by atoms with E-state index in [1.807, 2.05) is 37.3 Å². The van der Waals surface area contributed by atoms with Crippen molar-refractivity contribution in [3.63, 3.8) is 0 Å². The fourth-order valence-corrected chi connectivity index (χ4v) is 3.17. The summed E-state index contributed by atoms with van der Waals surface area (Å²) in [7, 11) is 0. The third-order valence-electron chi connectivity index (χ3n) is 4.63. The molecule has 2 heterocycles. The van der Waals surface area contributed by atoms with Gasteiger partial charge in [-0.15, -0.1) is 0 Å². The van der Waals surface area contributed by atoms with Gasteiger partial charge < -0.3 is 14.6 Å². The molecule has 10 nitrogen and oxygen atoms in total. The Morgan fingerprint density at radius 1 is 1.29 bits per heavy atom. The molecule has 0 unspecified atom stereocenters. The second kappa shape index (κ2) is 8.85. The van der Waals surface area contributed by atoms with Crippen molar-refractivity contribution in [3.05, 3.63) is 79.4 Å². The van der Waals surface area contributed by atoms with Gasteiger partial charge in [0.1, 0.15) is 12.8 Å². The summed E-state index contributed by atoms with van der Waals surface area (Å²) in [6.07, 6.45) is -1.05. The Morgan fingerprint density at radius 2 is 2.04 bits per heavy atom. The molecule has 0 spiro atoms. The fourth-order valence-electron chi connectivity index (χ4n) is 3.17. The number of benzene rings is 1. The minimum atomic E-state index is -1.21. The average molecular weight is 387 g/mol. The van der Waals surface area contributed by atoms with Gasteiger partial charge in [0.25, 0.3) is 5.56 Å². The Labute approximate surface area is 160 Å². The van der Waals surface area contributed by atoms with Crippen LogP contribution in [-0.4, -0.2) is 32.5 Å². The summed E-state index contributed by atoms with van der Waals surface area (Å²) in [4.78, 5) is 27.6. The number of hydrogen-bond acceptors (Lipinski definition) is 6. The molecular weight excluding hydrogens is 366 g/mol. The van der Waals surface area contributed by atoms with Crippen molar-refractivity contribution in [2.24, 2.45) is 5.11 Å². The van der Waals surface area contributed by atoms with Gasteiger partial charge in [0.05, 0.1) is 18.8 Å². The van der Waals surface area contributed by atoms with Crippen molar-refractivity contribution in [1.29, 1.82) is 0 Å². The Hall–Kier alpha value is -2.91. The van der Waals surface area contributed by atoms with Crippen LogP contribution >= 0.6 is 0 Å². The highest BCUT2D eigenvalue weighted by Crippen LogP contribution is 2.32. The summed E-state index contributed by atoms with van der Waals surface area (Å²) in [6, 6.07) is 9.73. The van der Waals surface area contributed by atoms with Gasteiger partial charge in [0, 0.05) is 17.2 Å². The maximum absolute atomic E-state index is 12.8. The molecule has 0 amide bonds. The van der Waals surface area contributed by atoms with E-state index in [1.165, 1.54) is 12.3 Å². The lowest BCUT2D eigenvalue weighted by Gasteiger charge is -2.19. The Bertz CT molecular complexity index is 966. The van der Waals surface area contributed by atoms with Gasteiger partial charge in [-0.05, 0) is 17.5 Å². The molecule has 0 bridgehead atoms. The third-order valence-corrected chi connectivity index (χ3v) is 4.63. The van der Waals surface area contributed by atoms with E-state index in [0.717, 1.165) is 14.7 Å². The van der Waals surface area contributed by atoms with Crippen LogP contribution in [0, 0.1) is 0 Å². The van der Waals surface area contributed by atoms with E-state index in [4.69, 9.17) is 15.0 Å². The van der Waals surface area contributed by atoms with E-state index in [2.05, 4.69) is 10.0 Å². The molecule has 1 N–H and O–H groups in total. The normalized spacial score (nSPS) is 24.1. The number of nitrogens with zero attached hydrogens (tertiary/aromatic N) is 5. The molecule has 1 aromatic carbocycles. The zero-order valence-corrected chi connectivity index (χ0v) is 15.3. The maximum atomic E-state index is 12.8. The van der Waals surface area contributed by atoms with E-state index in [9.17, 15) is 14.7 Å². The van der Waals surface area contributed by atoms with Crippen LogP contribution in [0.5, 0.6) is 0 Å². The van der Waals surface area contributed by atoms with Crippen molar-refractivity contribution in [3.8, 4) is 0 Å². The highest BCUT2D eigenvalue weighted by molar-refractivity contribution is 5.13. The molecule has 1 aliphatic heterocycles. The summed E-state index contributed by atoms with van der Waals surface area (Å²) in [5.41, 5.74) is 8.40. The van der Waals surface area contributed by atoms with Gasteiger partial charge >= 0.3 is 5.69 Å². The fraction of sp³-hybridized carbons (Fsp3) is 0.444. The number of ether oxygens (including phenoxy) is 2. The summed E-state index contributed by atoms with van der Waals surface area (Å²) in [5.74, 6) is 0. The van der Waals surface area contributed by atoms with Gasteiger partial charge in [-0.3, -0.25) is 9.36 Å². The molecule has 10 heteroatoms. The van der Waals surface area contributed by atoms with Crippen molar-refractivity contribution >= 4 is 0 Å². The van der Waals surface area contributed by atoms with Crippen molar-refractivity contribution < 1.29 is 14.6 Å². The Morgan fingerprint density at radius 3 is 2.71 bits per heavy atom. The molecule has 1 saturated heterocycles. The van der Waals surface area contributed by atoms with Crippen LogP contribution in [0.1, 0.15) is 25.1 Å². The Balaban J connectivity index is 1.82. The quantitative estimate of drug-likeness (QED) is 0.437. The molecule has 3 rings (SSSR count). The number of hydrogen-bond donors (Lipinski definition) is 1. The van der Waals surface area contributed by atoms with Crippen LogP contribution < -0.4 is 11.2 Å². The van der Waals surface area contributed by atoms with Crippen LogP contribution in [0.25, 0.3) is 10.4 Å².